The minimum absolute atomic E-state index is 0.0894. The Hall–Kier alpha value is -2.70. The number of carbonyl (C=O) groups excluding carboxylic acids is 1. The van der Waals surface area contributed by atoms with Crippen molar-refractivity contribution in [1.29, 1.82) is 0 Å². The van der Waals surface area contributed by atoms with Crippen LogP contribution in [0, 0.1) is 6.92 Å². The van der Waals surface area contributed by atoms with Crippen molar-refractivity contribution in [2.24, 2.45) is 0 Å². The van der Waals surface area contributed by atoms with E-state index in [2.05, 4.69) is 25.7 Å². The molecule has 3 aromatic heterocycles. The van der Waals surface area contributed by atoms with Crippen LogP contribution in [0.2, 0.25) is 0 Å². The smallest absolute Gasteiger partial charge is 0.255 e. The van der Waals surface area contributed by atoms with Gasteiger partial charge >= 0.3 is 0 Å². The fraction of sp³-hybridized carbons (Fsp3) is 0.333. The molecule has 0 fully saturated rings. The fourth-order valence-corrected chi connectivity index (χ4v) is 3.07. The second-order valence-corrected chi connectivity index (χ2v) is 5.65. The van der Waals surface area contributed by atoms with E-state index >= 15 is 0 Å². The van der Waals surface area contributed by atoms with Crippen LogP contribution in [0.4, 0.5) is 0 Å². The van der Waals surface area contributed by atoms with Crippen LogP contribution in [-0.2, 0) is 12.8 Å². The SMILES string of the molecule is Cc1nn2ncccc2c1C(=O)NC1CCc2cn[nH]c2C1. The normalized spacial score (nSPS) is 17.4. The van der Waals surface area contributed by atoms with Gasteiger partial charge in [0, 0.05) is 24.4 Å². The molecule has 1 amide bonds. The Kier molecular flexibility index (Phi) is 2.92. The van der Waals surface area contributed by atoms with Gasteiger partial charge in [-0.1, -0.05) is 0 Å². The zero-order valence-electron chi connectivity index (χ0n) is 12.2. The summed E-state index contributed by atoms with van der Waals surface area (Å²) in [6.45, 7) is 1.83. The molecule has 0 aromatic carbocycles. The summed E-state index contributed by atoms with van der Waals surface area (Å²) in [5, 5.41) is 18.6. The highest BCUT2D eigenvalue weighted by atomic mass is 16.1. The van der Waals surface area contributed by atoms with Crippen LogP contribution in [0.25, 0.3) is 5.52 Å². The third-order valence-corrected chi connectivity index (χ3v) is 4.18. The average Bonchev–Trinajstić information content (AvgIpc) is 3.09. The lowest BCUT2D eigenvalue weighted by molar-refractivity contribution is 0.0934. The molecule has 1 unspecified atom stereocenters. The molecule has 3 aromatic rings. The summed E-state index contributed by atoms with van der Waals surface area (Å²) < 4.78 is 1.50. The predicted octanol–water partition coefficient (Wildman–Crippen LogP) is 1.05. The molecule has 0 bridgehead atoms. The molecule has 0 aliphatic heterocycles. The standard InChI is InChI=1S/C15H16N6O/c1-9-14(13-3-2-6-17-21(13)20-9)15(22)18-11-5-4-10-8-16-19-12(10)7-11/h2-3,6,8,11H,4-5,7H2,1H3,(H,16,19)(H,18,22). The van der Waals surface area contributed by atoms with E-state index in [4.69, 9.17) is 0 Å². The lowest BCUT2D eigenvalue weighted by Crippen LogP contribution is -2.39. The first-order valence-electron chi connectivity index (χ1n) is 7.35. The molecule has 0 saturated heterocycles. The Balaban J connectivity index is 1.58. The number of nitrogens with one attached hydrogen (secondary N) is 2. The number of aromatic amines is 1. The number of hydrogen-bond donors (Lipinski definition) is 2. The third-order valence-electron chi connectivity index (χ3n) is 4.18. The Morgan fingerprint density at radius 3 is 3.32 bits per heavy atom. The second-order valence-electron chi connectivity index (χ2n) is 5.65. The van der Waals surface area contributed by atoms with Crippen molar-refractivity contribution in [2.45, 2.75) is 32.2 Å². The van der Waals surface area contributed by atoms with E-state index in [1.807, 2.05) is 25.3 Å². The summed E-state index contributed by atoms with van der Waals surface area (Å²) in [7, 11) is 0. The highest BCUT2D eigenvalue weighted by Crippen LogP contribution is 2.20. The van der Waals surface area contributed by atoms with Gasteiger partial charge in [0.2, 0.25) is 0 Å². The van der Waals surface area contributed by atoms with Crippen molar-refractivity contribution in [3.63, 3.8) is 0 Å². The number of amides is 1. The molecule has 3 heterocycles. The second kappa shape index (κ2) is 4.94. The number of aromatic nitrogens is 5. The van der Waals surface area contributed by atoms with Crippen LogP contribution < -0.4 is 5.32 Å². The predicted molar refractivity (Wildman–Crippen MR) is 79.6 cm³/mol. The van der Waals surface area contributed by atoms with Gasteiger partial charge in [0.15, 0.2) is 0 Å². The van der Waals surface area contributed by atoms with Gasteiger partial charge in [-0.25, -0.2) is 0 Å². The van der Waals surface area contributed by atoms with Gasteiger partial charge in [0.05, 0.1) is 17.5 Å². The van der Waals surface area contributed by atoms with Gasteiger partial charge in [-0.2, -0.15) is 19.9 Å². The molecule has 2 N–H and O–H groups in total. The topological polar surface area (TPSA) is 88.0 Å². The summed E-state index contributed by atoms with van der Waals surface area (Å²) in [5.74, 6) is -0.0894. The van der Waals surface area contributed by atoms with Crippen LogP contribution in [0.15, 0.2) is 24.5 Å². The molecule has 1 aliphatic rings. The minimum Gasteiger partial charge on any atom is -0.349 e. The van der Waals surface area contributed by atoms with Gasteiger partial charge < -0.3 is 5.32 Å². The number of carbonyl (C=O) groups is 1. The third kappa shape index (κ3) is 2.05. The van der Waals surface area contributed by atoms with Gasteiger partial charge in [-0.05, 0) is 37.5 Å². The molecule has 7 nitrogen and oxygen atoms in total. The average molecular weight is 296 g/mol. The van der Waals surface area contributed by atoms with E-state index in [1.165, 1.54) is 10.2 Å². The van der Waals surface area contributed by atoms with E-state index in [-0.39, 0.29) is 11.9 Å². The maximum Gasteiger partial charge on any atom is 0.255 e. The quantitative estimate of drug-likeness (QED) is 0.740. The van der Waals surface area contributed by atoms with Crippen LogP contribution >= 0.6 is 0 Å². The van der Waals surface area contributed by atoms with E-state index in [9.17, 15) is 4.79 Å². The first-order valence-corrected chi connectivity index (χ1v) is 7.35. The Bertz CT molecular complexity index is 849. The first kappa shape index (κ1) is 13.0. The highest BCUT2D eigenvalue weighted by Gasteiger charge is 2.24. The van der Waals surface area contributed by atoms with Crippen molar-refractivity contribution >= 4 is 11.4 Å². The van der Waals surface area contributed by atoms with Gasteiger partial charge in [-0.15, -0.1) is 0 Å². The number of nitrogens with zero attached hydrogens (tertiary/aromatic N) is 4. The van der Waals surface area contributed by atoms with E-state index < -0.39 is 0 Å². The maximum atomic E-state index is 12.6. The molecule has 112 valence electrons. The fourth-order valence-electron chi connectivity index (χ4n) is 3.07. The molecule has 22 heavy (non-hydrogen) atoms. The molecule has 4 rings (SSSR count). The van der Waals surface area contributed by atoms with Crippen molar-refractivity contribution in [1.82, 2.24) is 30.3 Å². The maximum absolute atomic E-state index is 12.6. The molecule has 0 saturated carbocycles. The Morgan fingerprint density at radius 2 is 2.41 bits per heavy atom. The zero-order chi connectivity index (χ0) is 15.1. The number of rotatable bonds is 2. The molecular formula is C15H16N6O. The summed E-state index contributed by atoms with van der Waals surface area (Å²) in [6.07, 6.45) is 6.18. The van der Waals surface area contributed by atoms with Gasteiger partial charge in [-0.3, -0.25) is 9.89 Å². The summed E-state index contributed by atoms with van der Waals surface area (Å²) >= 11 is 0. The lowest BCUT2D eigenvalue weighted by atomic mass is 9.93. The lowest BCUT2D eigenvalue weighted by Gasteiger charge is -2.22. The van der Waals surface area contributed by atoms with Crippen molar-refractivity contribution < 1.29 is 4.79 Å². The largest absolute Gasteiger partial charge is 0.349 e. The highest BCUT2D eigenvalue weighted by molar-refractivity contribution is 6.02. The van der Waals surface area contributed by atoms with Crippen LogP contribution in [0.1, 0.15) is 33.7 Å². The van der Waals surface area contributed by atoms with Crippen LogP contribution in [0.3, 0.4) is 0 Å². The number of hydrogen-bond acceptors (Lipinski definition) is 4. The van der Waals surface area contributed by atoms with Crippen molar-refractivity contribution in [2.75, 3.05) is 0 Å². The van der Waals surface area contributed by atoms with Gasteiger partial charge in [0.25, 0.3) is 5.91 Å². The first-order chi connectivity index (χ1) is 10.7. The van der Waals surface area contributed by atoms with Crippen molar-refractivity contribution in [3.8, 4) is 0 Å². The molecule has 0 radical (unpaired) electrons. The number of aryl methyl sites for hydroxylation is 2. The van der Waals surface area contributed by atoms with Crippen molar-refractivity contribution in [3.05, 3.63) is 47.0 Å². The zero-order valence-corrected chi connectivity index (χ0v) is 12.2. The molecule has 0 spiro atoms. The number of H-pyrrole nitrogens is 1. The van der Waals surface area contributed by atoms with Gasteiger partial charge in [0.1, 0.15) is 5.52 Å². The summed E-state index contributed by atoms with van der Waals surface area (Å²) in [4.78, 5) is 12.6. The van der Waals surface area contributed by atoms with E-state index in [0.29, 0.717) is 11.3 Å². The molecule has 1 atom stereocenters. The van der Waals surface area contributed by atoms with E-state index in [0.717, 1.165) is 30.5 Å². The molecule has 7 heteroatoms. The van der Waals surface area contributed by atoms with E-state index in [1.54, 1.807) is 6.20 Å². The van der Waals surface area contributed by atoms with Crippen LogP contribution in [-0.4, -0.2) is 37.0 Å². The summed E-state index contributed by atoms with van der Waals surface area (Å²) in [6, 6.07) is 3.78. The monoisotopic (exact) mass is 296 g/mol. The summed E-state index contributed by atoms with van der Waals surface area (Å²) in [5.41, 5.74) is 4.39. The number of fused-ring (bicyclic) bond motifs is 2. The Labute approximate surface area is 126 Å². The minimum atomic E-state index is -0.0894. The molecule has 1 aliphatic carbocycles. The molecular weight excluding hydrogens is 280 g/mol. The van der Waals surface area contributed by atoms with Crippen LogP contribution in [0.5, 0.6) is 0 Å². The Morgan fingerprint density at radius 1 is 1.50 bits per heavy atom.